The summed E-state index contributed by atoms with van der Waals surface area (Å²) in [5, 5.41) is 12.8. The Kier molecular flexibility index (Phi) is 3.80. The zero-order valence-electron chi connectivity index (χ0n) is 12.4. The van der Waals surface area contributed by atoms with Crippen LogP contribution in [0.25, 0.3) is 0 Å². The van der Waals surface area contributed by atoms with E-state index in [-0.39, 0.29) is 0 Å². The van der Waals surface area contributed by atoms with Crippen molar-refractivity contribution < 1.29 is 0 Å². The van der Waals surface area contributed by atoms with Gasteiger partial charge in [0.15, 0.2) is 0 Å². The van der Waals surface area contributed by atoms with Gasteiger partial charge >= 0.3 is 0 Å². The smallest absolute Gasteiger partial charge is 0.144 e. The van der Waals surface area contributed by atoms with Crippen molar-refractivity contribution in [1.29, 1.82) is 5.26 Å². The predicted octanol–water partition coefficient (Wildman–Crippen LogP) is 3.95. The van der Waals surface area contributed by atoms with Gasteiger partial charge in [-0.25, -0.2) is 4.98 Å². The third kappa shape index (κ3) is 3.26. The molecule has 1 aliphatic rings. The molecule has 0 aromatic carbocycles. The van der Waals surface area contributed by atoms with Crippen LogP contribution in [-0.4, -0.2) is 11.0 Å². The Balaban J connectivity index is 2.14. The van der Waals surface area contributed by atoms with E-state index < -0.39 is 0 Å². The van der Waals surface area contributed by atoms with Crippen LogP contribution in [0.3, 0.4) is 0 Å². The van der Waals surface area contributed by atoms with Crippen LogP contribution in [-0.2, 0) is 0 Å². The quantitative estimate of drug-likeness (QED) is 0.872. The summed E-state index contributed by atoms with van der Waals surface area (Å²) >= 11 is 0. The SMILES string of the molecule is Cc1cc(C)c(C#N)c(NC2CCC(C)(C)CC2)n1. The molecule has 0 radical (unpaired) electrons. The van der Waals surface area contributed by atoms with Crippen LogP contribution in [0.2, 0.25) is 0 Å². The van der Waals surface area contributed by atoms with Gasteiger partial charge < -0.3 is 5.32 Å². The van der Waals surface area contributed by atoms with E-state index in [1.807, 2.05) is 19.9 Å². The molecule has 1 fully saturated rings. The molecule has 0 bridgehead atoms. The molecule has 3 heteroatoms. The summed E-state index contributed by atoms with van der Waals surface area (Å²) in [5.74, 6) is 0.768. The van der Waals surface area contributed by atoms with Gasteiger partial charge in [0.1, 0.15) is 11.9 Å². The molecule has 102 valence electrons. The van der Waals surface area contributed by atoms with Crippen LogP contribution in [0.15, 0.2) is 6.07 Å². The topological polar surface area (TPSA) is 48.7 Å². The molecule has 1 heterocycles. The zero-order chi connectivity index (χ0) is 14.0. The zero-order valence-corrected chi connectivity index (χ0v) is 12.4. The molecule has 1 aliphatic carbocycles. The highest BCUT2D eigenvalue weighted by atomic mass is 15.0. The first-order chi connectivity index (χ1) is 8.91. The van der Waals surface area contributed by atoms with Crippen LogP contribution in [0.1, 0.15) is 56.4 Å². The van der Waals surface area contributed by atoms with Crippen LogP contribution in [0.5, 0.6) is 0 Å². The van der Waals surface area contributed by atoms with Gasteiger partial charge in [0.2, 0.25) is 0 Å². The van der Waals surface area contributed by atoms with Crippen molar-refractivity contribution >= 4 is 5.82 Å². The molecule has 1 N–H and O–H groups in total. The molecule has 1 aromatic rings. The van der Waals surface area contributed by atoms with Gasteiger partial charge in [-0.1, -0.05) is 13.8 Å². The van der Waals surface area contributed by atoms with Gasteiger partial charge in [-0.05, 0) is 56.6 Å². The van der Waals surface area contributed by atoms with Crippen molar-refractivity contribution in [2.75, 3.05) is 5.32 Å². The number of aryl methyl sites for hydroxylation is 2. The minimum atomic E-state index is 0.453. The van der Waals surface area contributed by atoms with Crippen LogP contribution >= 0.6 is 0 Å². The highest BCUT2D eigenvalue weighted by molar-refractivity contribution is 5.56. The predicted molar refractivity (Wildman–Crippen MR) is 78.1 cm³/mol. The minimum absolute atomic E-state index is 0.453. The standard InChI is InChI=1S/C16H23N3/c1-11-9-12(2)18-15(14(11)10-17)19-13-5-7-16(3,4)8-6-13/h9,13H,5-8H2,1-4H3,(H,18,19). The number of rotatable bonds is 2. The first kappa shape index (κ1) is 13.9. The summed E-state index contributed by atoms with van der Waals surface area (Å²) < 4.78 is 0. The van der Waals surface area contributed by atoms with Gasteiger partial charge in [0, 0.05) is 11.7 Å². The molecule has 0 atom stereocenters. The van der Waals surface area contributed by atoms with Crippen LogP contribution in [0.4, 0.5) is 5.82 Å². The number of anilines is 1. The van der Waals surface area contributed by atoms with Crippen molar-refractivity contribution in [2.45, 2.75) is 59.4 Å². The fourth-order valence-corrected chi connectivity index (χ4v) is 2.82. The molecule has 0 unspecified atom stereocenters. The van der Waals surface area contributed by atoms with Crippen LogP contribution in [0, 0.1) is 30.6 Å². The maximum atomic E-state index is 9.27. The number of hydrogen-bond acceptors (Lipinski definition) is 3. The average Bonchev–Trinajstić information content (AvgIpc) is 2.31. The van der Waals surface area contributed by atoms with E-state index in [4.69, 9.17) is 0 Å². The van der Waals surface area contributed by atoms with E-state index in [0.29, 0.717) is 17.0 Å². The van der Waals surface area contributed by atoms with Crippen molar-refractivity contribution in [3.63, 3.8) is 0 Å². The van der Waals surface area contributed by atoms with Gasteiger partial charge in [0.25, 0.3) is 0 Å². The number of hydrogen-bond donors (Lipinski definition) is 1. The number of pyridine rings is 1. The third-order valence-electron chi connectivity index (χ3n) is 4.14. The van der Waals surface area contributed by atoms with Crippen molar-refractivity contribution in [3.8, 4) is 6.07 Å². The summed E-state index contributed by atoms with van der Waals surface area (Å²) in [6.45, 7) is 8.61. The molecule has 0 amide bonds. The van der Waals surface area contributed by atoms with Crippen molar-refractivity contribution in [1.82, 2.24) is 4.98 Å². The highest BCUT2D eigenvalue weighted by Crippen LogP contribution is 2.36. The van der Waals surface area contributed by atoms with Gasteiger partial charge in [-0.3, -0.25) is 0 Å². The highest BCUT2D eigenvalue weighted by Gasteiger charge is 2.27. The Morgan fingerprint density at radius 2 is 1.95 bits per heavy atom. The Bertz CT molecular complexity index is 501. The average molecular weight is 257 g/mol. The normalized spacial score (nSPS) is 18.9. The second-order valence-corrected chi connectivity index (χ2v) is 6.50. The lowest BCUT2D eigenvalue weighted by molar-refractivity contribution is 0.232. The summed E-state index contributed by atoms with van der Waals surface area (Å²) in [4.78, 5) is 4.50. The molecular weight excluding hydrogens is 234 g/mol. The van der Waals surface area contributed by atoms with Gasteiger partial charge in [-0.2, -0.15) is 5.26 Å². The second kappa shape index (κ2) is 5.21. The molecule has 1 aromatic heterocycles. The van der Waals surface area contributed by atoms with Crippen molar-refractivity contribution in [2.24, 2.45) is 5.41 Å². The fraction of sp³-hybridized carbons (Fsp3) is 0.625. The molecule has 19 heavy (non-hydrogen) atoms. The Morgan fingerprint density at radius 3 is 2.53 bits per heavy atom. The molecule has 0 spiro atoms. The van der Waals surface area contributed by atoms with E-state index in [2.05, 4.69) is 30.2 Å². The largest absolute Gasteiger partial charge is 0.366 e. The maximum absolute atomic E-state index is 9.27. The van der Waals surface area contributed by atoms with E-state index in [1.165, 1.54) is 12.8 Å². The van der Waals surface area contributed by atoms with Crippen LogP contribution < -0.4 is 5.32 Å². The van der Waals surface area contributed by atoms with E-state index in [0.717, 1.165) is 29.9 Å². The first-order valence-corrected chi connectivity index (χ1v) is 7.06. The molecule has 2 rings (SSSR count). The van der Waals surface area contributed by atoms with E-state index >= 15 is 0 Å². The Hall–Kier alpha value is -1.56. The summed E-state index contributed by atoms with van der Waals surface area (Å²) in [7, 11) is 0. The number of nitrogens with one attached hydrogen (secondary N) is 1. The van der Waals surface area contributed by atoms with Crippen molar-refractivity contribution in [3.05, 3.63) is 22.9 Å². The molecule has 0 saturated heterocycles. The third-order valence-corrected chi connectivity index (χ3v) is 4.14. The molecule has 1 saturated carbocycles. The molecule has 0 aliphatic heterocycles. The monoisotopic (exact) mass is 257 g/mol. The minimum Gasteiger partial charge on any atom is -0.366 e. The molecule has 3 nitrogen and oxygen atoms in total. The van der Waals surface area contributed by atoms with E-state index in [1.54, 1.807) is 0 Å². The van der Waals surface area contributed by atoms with Gasteiger partial charge in [0.05, 0.1) is 5.56 Å². The summed E-state index contributed by atoms with van der Waals surface area (Å²) in [5.41, 5.74) is 3.13. The number of nitrogens with zero attached hydrogens (tertiary/aromatic N) is 2. The second-order valence-electron chi connectivity index (χ2n) is 6.50. The Labute approximate surface area is 116 Å². The summed E-state index contributed by atoms with van der Waals surface area (Å²) in [6, 6.07) is 4.69. The first-order valence-electron chi connectivity index (χ1n) is 7.06. The lowest BCUT2D eigenvalue weighted by atomic mass is 9.75. The number of aromatic nitrogens is 1. The summed E-state index contributed by atoms with van der Waals surface area (Å²) in [6.07, 6.45) is 4.79. The van der Waals surface area contributed by atoms with Gasteiger partial charge in [-0.15, -0.1) is 0 Å². The van der Waals surface area contributed by atoms with E-state index in [9.17, 15) is 5.26 Å². The lowest BCUT2D eigenvalue weighted by Gasteiger charge is -2.35. The fourth-order valence-electron chi connectivity index (χ4n) is 2.82. The Morgan fingerprint density at radius 1 is 1.32 bits per heavy atom. The molecular formula is C16H23N3. The number of nitriles is 1. The maximum Gasteiger partial charge on any atom is 0.144 e. The lowest BCUT2D eigenvalue weighted by Crippen LogP contribution is -2.30.